The second-order valence-corrected chi connectivity index (χ2v) is 8.22. The molecule has 0 bridgehead atoms. The molecular formula is C26H30N2O3. The summed E-state index contributed by atoms with van der Waals surface area (Å²) >= 11 is 0. The van der Waals surface area contributed by atoms with Crippen molar-refractivity contribution in [2.45, 2.75) is 39.2 Å². The summed E-state index contributed by atoms with van der Waals surface area (Å²) in [5.74, 6) is 2.23. The van der Waals surface area contributed by atoms with Crippen molar-refractivity contribution in [1.82, 2.24) is 9.88 Å². The maximum absolute atomic E-state index is 12.3. The number of pyridine rings is 1. The van der Waals surface area contributed by atoms with E-state index in [4.69, 9.17) is 9.47 Å². The molecule has 1 aliphatic rings. The molecule has 0 saturated heterocycles. The number of nitrogens with zero attached hydrogens (tertiary/aromatic N) is 2. The molecule has 5 heteroatoms. The first-order valence-electron chi connectivity index (χ1n) is 11.1. The van der Waals surface area contributed by atoms with Crippen LogP contribution in [-0.4, -0.2) is 42.1 Å². The molecule has 1 atom stereocenters. The van der Waals surface area contributed by atoms with Gasteiger partial charge in [0.25, 0.3) is 0 Å². The van der Waals surface area contributed by atoms with Gasteiger partial charge in [-0.1, -0.05) is 12.1 Å². The molecular weight excluding hydrogens is 388 g/mol. The van der Waals surface area contributed by atoms with E-state index in [0.717, 1.165) is 65.9 Å². The van der Waals surface area contributed by atoms with E-state index >= 15 is 0 Å². The number of fused-ring (bicyclic) bond motifs is 1. The number of hydrogen-bond donors (Lipinski definition) is 0. The summed E-state index contributed by atoms with van der Waals surface area (Å²) in [6.45, 7) is 5.62. The third-order valence-electron chi connectivity index (χ3n) is 5.84. The molecule has 1 amide bonds. The largest absolute Gasteiger partial charge is 0.497 e. The van der Waals surface area contributed by atoms with E-state index in [0.29, 0.717) is 5.91 Å². The number of hydrogen-bond acceptors (Lipinski definition) is 4. The molecule has 1 aromatic heterocycles. The highest BCUT2D eigenvalue weighted by atomic mass is 16.5. The number of aromatic nitrogens is 1. The van der Waals surface area contributed by atoms with Crippen LogP contribution in [0.4, 0.5) is 0 Å². The van der Waals surface area contributed by atoms with E-state index in [9.17, 15) is 4.79 Å². The molecule has 1 unspecified atom stereocenters. The fraction of sp³-hybridized carbons (Fsp3) is 0.385. The Labute approximate surface area is 184 Å². The molecule has 5 nitrogen and oxygen atoms in total. The predicted octanol–water partition coefficient (Wildman–Crippen LogP) is 5.33. The van der Waals surface area contributed by atoms with Crippen LogP contribution in [-0.2, 0) is 4.79 Å². The van der Waals surface area contributed by atoms with Crippen molar-refractivity contribution < 1.29 is 14.3 Å². The molecule has 1 heterocycles. The predicted molar refractivity (Wildman–Crippen MR) is 123 cm³/mol. The molecule has 1 aliphatic carbocycles. The number of benzene rings is 2. The van der Waals surface area contributed by atoms with Gasteiger partial charge in [-0.25, -0.2) is 0 Å². The van der Waals surface area contributed by atoms with Crippen molar-refractivity contribution in [2.24, 2.45) is 5.92 Å². The quantitative estimate of drug-likeness (QED) is 0.471. The minimum atomic E-state index is 0.0456. The smallest absolute Gasteiger partial charge is 0.225 e. The molecule has 3 aromatic rings. The highest BCUT2D eigenvalue weighted by Gasteiger charge is 2.32. The summed E-state index contributed by atoms with van der Waals surface area (Å²) in [4.78, 5) is 18.8. The van der Waals surface area contributed by atoms with Crippen molar-refractivity contribution in [3.05, 3.63) is 54.7 Å². The van der Waals surface area contributed by atoms with E-state index in [1.165, 1.54) is 0 Å². The molecule has 1 fully saturated rings. The average molecular weight is 419 g/mol. The second-order valence-electron chi connectivity index (χ2n) is 8.22. The monoisotopic (exact) mass is 418 g/mol. The van der Waals surface area contributed by atoms with Gasteiger partial charge in [0, 0.05) is 48.6 Å². The van der Waals surface area contributed by atoms with Gasteiger partial charge in [-0.2, -0.15) is 0 Å². The van der Waals surface area contributed by atoms with E-state index in [1.54, 1.807) is 7.11 Å². The minimum Gasteiger partial charge on any atom is -0.497 e. The lowest BCUT2D eigenvalue weighted by molar-refractivity contribution is -0.132. The Morgan fingerprint density at radius 2 is 1.84 bits per heavy atom. The van der Waals surface area contributed by atoms with Crippen LogP contribution < -0.4 is 9.47 Å². The number of amides is 1. The van der Waals surface area contributed by atoms with Gasteiger partial charge in [-0.05, 0) is 62.6 Å². The summed E-state index contributed by atoms with van der Waals surface area (Å²) in [6, 6.07) is 16.2. The molecule has 1 saturated carbocycles. The van der Waals surface area contributed by atoms with Crippen LogP contribution in [0.1, 0.15) is 33.1 Å². The van der Waals surface area contributed by atoms with Crippen LogP contribution in [0.5, 0.6) is 11.5 Å². The third kappa shape index (κ3) is 5.16. The van der Waals surface area contributed by atoms with Gasteiger partial charge in [0.15, 0.2) is 0 Å². The van der Waals surface area contributed by atoms with Crippen molar-refractivity contribution in [1.29, 1.82) is 0 Å². The lowest BCUT2D eigenvalue weighted by Crippen LogP contribution is -2.34. The maximum Gasteiger partial charge on any atom is 0.225 e. The average Bonchev–Trinajstić information content (AvgIpc) is 3.64. The van der Waals surface area contributed by atoms with Gasteiger partial charge >= 0.3 is 0 Å². The van der Waals surface area contributed by atoms with Gasteiger partial charge in [0.1, 0.15) is 11.5 Å². The second kappa shape index (κ2) is 9.38. The topological polar surface area (TPSA) is 51.7 Å². The molecule has 0 N–H and O–H groups in total. The first-order chi connectivity index (χ1) is 15.1. The van der Waals surface area contributed by atoms with Gasteiger partial charge in [-0.15, -0.1) is 0 Å². The van der Waals surface area contributed by atoms with Crippen molar-refractivity contribution in [3.8, 4) is 22.6 Å². The Bertz CT molecular complexity index is 1040. The highest BCUT2D eigenvalue weighted by Crippen LogP contribution is 2.31. The number of carbonyl (C=O) groups excluding carboxylic acids is 1. The van der Waals surface area contributed by atoms with E-state index in [1.807, 2.05) is 48.4 Å². The number of rotatable bonds is 9. The Balaban J connectivity index is 1.36. The molecule has 31 heavy (non-hydrogen) atoms. The van der Waals surface area contributed by atoms with Gasteiger partial charge in [0.05, 0.1) is 18.7 Å². The van der Waals surface area contributed by atoms with Crippen LogP contribution in [0.3, 0.4) is 0 Å². The van der Waals surface area contributed by atoms with Crippen LogP contribution in [0.2, 0.25) is 0 Å². The summed E-state index contributed by atoms with van der Waals surface area (Å²) < 4.78 is 11.4. The minimum absolute atomic E-state index is 0.0456. The van der Waals surface area contributed by atoms with Gasteiger partial charge in [-0.3, -0.25) is 9.78 Å². The van der Waals surface area contributed by atoms with Crippen LogP contribution >= 0.6 is 0 Å². The zero-order valence-electron chi connectivity index (χ0n) is 18.5. The molecule has 162 valence electrons. The molecule has 4 rings (SSSR count). The van der Waals surface area contributed by atoms with Gasteiger partial charge in [0.2, 0.25) is 5.91 Å². The summed E-state index contributed by atoms with van der Waals surface area (Å²) in [5.41, 5.74) is 3.07. The Morgan fingerprint density at radius 1 is 1.10 bits per heavy atom. The fourth-order valence-corrected chi connectivity index (χ4v) is 3.75. The lowest BCUT2D eigenvalue weighted by Gasteiger charge is -2.23. The highest BCUT2D eigenvalue weighted by molar-refractivity contribution is 5.84. The van der Waals surface area contributed by atoms with E-state index < -0.39 is 0 Å². The zero-order chi connectivity index (χ0) is 21.8. The SMILES string of the molecule is CCN(CCC(C)Oc1ccc(-c2cnc3cc(OC)ccc3c2)cc1)C(=O)C1CC1. The first kappa shape index (κ1) is 21.2. The number of ether oxygens (including phenoxy) is 2. The van der Waals surface area contributed by atoms with Crippen molar-refractivity contribution in [3.63, 3.8) is 0 Å². The number of carbonyl (C=O) groups is 1. The zero-order valence-corrected chi connectivity index (χ0v) is 18.5. The molecule has 0 spiro atoms. The molecule has 0 radical (unpaired) electrons. The van der Waals surface area contributed by atoms with Gasteiger partial charge < -0.3 is 14.4 Å². The molecule has 0 aliphatic heterocycles. The van der Waals surface area contributed by atoms with E-state index in [2.05, 4.69) is 30.1 Å². The summed E-state index contributed by atoms with van der Waals surface area (Å²) in [6.07, 6.45) is 4.86. The normalized spacial score (nSPS) is 14.3. The standard InChI is InChI=1S/C26H30N2O3/c1-4-28(26(29)20-5-6-20)14-13-18(2)31-23-10-7-19(8-11-23)22-15-21-9-12-24(30-3)16-25(21)27-17-22/h7-12,15-18,20H,4-6,13-14H2,1-3H3. The third-order valence-corrected chi connectivity index (χ3v) is 5.84. The first-order valence-corrected chi connectivity index (χ1v) is 11.1. The van der Waals surface area contributed by atoms with Crippen LogP contribution in [0, 0.1) is 5.92 Å². The Hall–Kier alpha value is -3.08. The maximum atomic E-state index is 12.3. The lowest BCUT2D eigenvalue weighted by atomic mass is 10.1. The summed E-state index contributed by atoms with van der Waals surface area (Å²) in [7, 11) is 1.66. The van der Waals surface area contributed by atoms with Crippen LogP contribution in [0.25, 0.3) is 22.0 Å². The fourth-order valence-electron chi connectivity index (χ4n) is 3.75. The van der Waals surface area contributed by atoms with E-state index in [-0.39, 0.29) is 12.0 Å². The van der Waals surface area contributed by atoms with Crippen LogP contribution in [0.15, 0.2) is 54.7 Å². The molecule has 2 aromatic carbocycles. The summed E-state index contributed by atoms with van der Waals surface area (Å²) in [5, 5.41) is 1.08. The number of methoxy groups -OCH3 is 1. The van der Waals surface area contributed by atoms with Crippen molar-refractivity contribution >= 4 is 16.8 Å². The Kier molecular flexibility index (Phi) is 6.40. The van der Waals surface area contributed by atoms with Crippen molar-refractivity contribution in [2.75, 3.05) is 20.2 Å². The Morgan fingerprint density at radius 3 is 2.52 bits per heavy atom.